The van der Waals surface area contributed by atoms with Crippen LogP contribution in [0.3, 0.4) is 0 Å². The topological polar surface area (TPSA) is 58.0 Å². The summed E-state index contributed by atoms with van der Waals surface area (Å²) in [5.74, 6) is 0. The van der Waals surface area contributed by atoms with Crippen molar-refractivity contribution in [3.05, 3.63) is 47.3 Å². The predicted octanol–water partition coefficient (Wildman–Crippen LogP) is 6.35. The van der Waals surface area contributed by atoms with Crippen molar-refractivity contribution in [3.8, 4) is 0 Å². The minimum atomic E-state index is 0.948. The Kier molecular flexibility index (Phi) is 20.4. The first-order valence-electron chi connectivity index (χ1n) is 13.5. The minimum absolute atomic E-state index is 0.948. The van der Waals surface area contributed by atoms with Gasteiger partial charge in [-0.05, 0) is 64.5 Å². The van der Waals surface area contributed by atoms with Gasteiger partial charge in [-0.1, -0.05) is 67.2 Å². The molecule has 6 nitrogen and oxygen atoms in total. The summed E-state index contributed by atoms with van der Waals surface area (Å²) in [7, 11) is 4.28. The van der Waals surface area contributed by atoms with Crippen molar-refractivity contribution in [2.45, 2.75) is 106 Å². The van der Waals surface area contributed by atoms with Crippen molar-refractivity contribution in [1.82, 2.24) is 30.0 Å². The van der Waals surface area contributed by atoms with E-state index in [9.17, 15) is 0 Å². The van der Waals surface area contributed by atoms with Gasteiger partial charge in [-0.15, -0.1) is 0 Å². The van der Waals surface area contributed by atoms with Crippen LogP contribution < -0.4 is 0 Å². The summed E-state index contributed by atoms with van der Waals surface area (Å²) in [4.78, 5) is 13.3. The summed E-state index contributed by atoms with van der Waals surface area (Å²) < 4.78 is 0. The molecule has 4 heterocycles. The highest BCUT2D eigenvalue weighted by Crippen LogP contribution is 2.14. The van der Waals surface area contributed by atoms with E-state index >= 15 is 0 Å². The van der Waals surface area contributed by atoms with Crippen molar-refractivity contribution in [1.29, 1.82) is 0 Å². The number of fused-ring (bicyclic) bond motifs is 2. The highest BCUT2D eigenvalue weighted by molar-refractivity contribution is 5.18. The second kappa shape index (κ2) is 21.6. The van der Waals surface area contributed by atoms with Crippen LogP contribution in [0.2, 0.25) is 0 Å². The molecule has 0 aliphatic carbocycles. The van der Waals surface area contributed by atoms with Gasteiger partial charge in [-0.3, -0.25) is 9.97 Å². The maximum absolute atomic E-state index is 4.33. The van der Waals surface area contributed by atoms with Crippen molar-refractivity contribution in [3.63, 3.8) is 0 Å². The van der Waals surface area contributed by atoms with E-state index in [1.54, 1.807) is 18.6 Å². The lowest BCUT2D eigenvalue weighted by molar-refractivity contribution is 0.329. The van der Waals surface area contributed by atoms with Gasteiger partial charge in [0.05, 0.1) is 17.1 Å². The van der Waals surface area contributed by atoms with E-state index in [0.717, 1.165) is 44.7 Å². The largest absolute Gasteiger partial charge is 0.302 e. The summed E-state index contributed by atoms with van der Waals surface area (Å²) in [5.41, 5.74) is 4.85. The molecular formula is C28H52N6. The van der Waals surface area contributed by atoms with Gasteiger partial charge in [0.2, 0.25) is 0 Å². The average molecular weight is 473 g/mol. The van der Waals surface area contributed by atoms with Crippen LogP contribution in [0.5, 0.6) is 0 Å². The van der Waals surface area contributed by atoms with E-state index in [0.29, 0.717) is 0 Å². The van der Waals surface area contributed by atoms with Crippen LogP contribution in [0.15, 0.2) is 24.7 Å². The number of hydrogen-bond acceptors (Lipinski definition) is 6. The molecule has 0 atom stereocenters. The van der Waals surface area contributed by atoms with Gasteiger partial charge in [0, 0.05) is 31.7 Å². The second-order valence-electron chi connectivity index (χ2n) is 8.64. The Hall–Kier alpha value is -1.92. The number of aryl methyl sites for hydroxylation is 2. The molecule has 2 aromatic rings. The van der Waals surface area contributed by atoms with E-state index in [2.05, 4.69) is 77.8 Å². The Morgan fingerprint density at radius 3 is 1.74 bits per heavy atom. The van der Waals surface area contributed by atoms with Gasteiger partial charge in [0.15, 0.2) is 0 Å². The molecule has 4 rings (SSSR count). The number of rotatable bonds is 2. The lowest BCUT2D eigenvalue weighted by Crippen LogP contribution is -2.17. The molecule has 2 aromatic heterocycles. The van der Waals surface area contributed by atoms with Gasteiger partial charge < -0.3 is 9.80 Å². The van der Waals surface area contributed by atoms with Gasteiger partial charge >= 0.3 is 0 Å². The van der Waals surface area contributed by atoms with Gasteiger partial charge in [0.1, 0.15) is 0 Å². The molecule has 0 fully saturated rings. The fourth-order valence-corrected chi connectivity index (χ4v) is 3.22. The fraction of sp³-hybridized carbons (Fsp3) is 0.714. The van der Waals surface area contributed by atoms with E-state index in [1.165, 1.54) is 55.5 Å². The van der Waals surface area contributed by atoms with E-state index in [-0.39, 0.29) is 0 Å². The standard InChI is InChI=1S/2C9H13N3.2C4H10.C2H6/c1-12-6-2-3-9-8(7-12)4-5-10-11-9;1-12-6-2-3-8-9(7-12)11-5-4-10-8;2*1-3-4-2;1-2/h2*4-5H,2-3,6-7H2,1H3;2*3-4H2,1-2H3;1-2H3. The van der Waals surface area contributed by atoms with Crippen LogP contribution >= 0.6 is 0 Å². The average Bonchev–Trinajstić information content (AvgIpc) is 3.19. The van der Waals surface area contributed by atoms with Crippen LogP contribution in [0.25, 0.3) is 0 Å². The maximum Gasteiger partial charge on any atom is 0.0758 e. The Morgan fingerprint density at radius 2 is 1.18 bits per heavy atom. The summed E-state index contributed by atoms with van der Waals surface area (Å²) in [6.07, 6.45) is 15.2. The summed E-state index contributed by atoms with van der Waals surface area (Å²) in [6.45, 7) is 17.0. The SMILES string of the molecule is CC.CCCC.CCCC.CN1CCCc2nccnc2C1.CN1CCCc2nnccc2C1. The lowest BCUT2D eigenvalue weighted by atomic mass is 10.1. The molecular weight excluding hydrogens is 420 g/mol. The zero-order valence-corrected chi connectivity index (χ0v) is 23.5. The molecule has 0 N–H and O–H groups in total. The van der Waals surface area contributed by atoms with Gasteiger partial charge in [-0.2, -0.15) is 10.2 Å². The molecule has 6 heteroatoms. The molecule has 0 saturated carbocycles. The lowest BCUT2D eigenvalue weighted by Gasteiger charge is -2.12. The first-order chi connectivity index (χ1) is 16.5. The second-order valence-corrected chi connectivity index (χ2v) is 8.64. The Morgan fingerprint density at radius 1 is 0.676 bits per heavy atom. The highest BCUT2D eigenvalue weighted by atomic mass is 15.1. The van der Waals surface area contributed by atoms with Crippen LogP contribution in [0.1, 0.15) is 103 Å². The third-order valence-corrected chi connectivity index (χ3v) is 5.52. The van der Waals surface area contributed by atoms with E-state index in [1.807, 2.05) is 13.8 Å². The Balaban J connectivity index is 0.000000466. The predicted molar refractivity (Wildman–Crippen MR) is 146 cm³/mol. The monoisotopic (exact) mass is 472 g/mol. The van der Waals surface area contributed by atoms with E-state index < -0.39 is 0 Å². The molecule has 2 aliphatic rings. The summed E-state index contributed by atoms with van der Waals surface area (Å²) in [6, 6.07) is 2.07. The molecule has 0 spiro atoms. The molecule has 2 aliphatic heterocycles. The Labute approximate surface area is 210 Å². The maximum atomic E-state index is 4.33. The third kappa shape index (κ3) is 14.4. The minimum Gasteiger partial charge on any atom is -0.302 e. The summed E-state index contributed by atoms with van der Waals surface area (Å²) in [5, 5.41) is 8.03. The van der Waals surface area contributed by atoms with Gasteiger partial charge in [-0.25, -0.2) is 0 Å². The first kappa shape index (κ1) is 32.1. The zero-order valence-electron chi connectivity index (χ0n) is 23.5. The Bertz CT molecular complexity index is 656. The molecule has 194 valence electrons. The summed E-state index contributed by atoms with van der Waals surface area (Å²) >= 11 is 0. The molecule has 0 saturated heterocycles. The van der Waals surface area contributed by atoms with Crippen molar-refractivity contribution in [2.24, 2.45) is 0 Å². The fourth-order valence-electron chi connectivity index (χ4n) is 3.22. The van der Waals surface area contributed by atoms with E-state index in [4.69, 9.17) is 0 Å². The first-order valence-corrected chi connectivity index (χ1v) is 13.5. The van der Waals surface area contributed by atoms with Crippen molar-refractivity contribution in [2.75, 3.05) is 27.2 Å². The molecule has 0 bridgehead atoms. The zero-order chi connectivity index (χ0) is 25.6. The molecule has 0 unspecified atom stereocenters. The molecule has 0 amide bonds. The van der Waals surface area contributed by atoms with Gasteiger partial charge in [0.25, 0.3) is 0 Å². The molecule has 0 aromatic carbocycles. The normalized spacial score (nSPS) is 14.9. The smallest absolute Gasteiger partial charge is 0.0758 e. The van der Waals surface area contributed by atoms with Crippen molar-refractivity contribution >= 4 is 0 Å². The number of nitrogens with zero attached hydrogens (tertiary/aromatic N) is 6. The van der Waals surface area contributed by atoms with Crippen LogP contribution in [0, 0.1) is 0 Å². The molecule has 34 heavy (non-hydrogen) atoms. The van der Waals surface area contributed by atoms with Crippen LogP contribution in [0.4, 0.5) is 0 Å². The van der Waals surface area contributed by atoms with Crippen molar-refractivity contribution < 1.29 is 0 Å². The highest BCUT2D eigenvalue weighted by Gasteiger charge is 2.12. The number of unbranched alkanes of at least 4 members (excludes halogenated alkanes) is 2. The number of hydrogen-bond donors (Lipinski definition) is 0. The third-order valence-electron chi connectivity index (χ3n) is 5.52. The number of aromatic nitrogens is 4. The molecule has 0 radical (unpaired) electrons. The van der Waals surface area contributed by atoms with Crippen LogP contribution in [-0.4, -0.2) is 57.1 Å². The quantitative estimate of drug-likeness (QED) is 0.508. The van der Waals surface area contributed by atoms with Crippen LogP contribution in [-0.2, 0) is 25.9 Å².